The van der Waals surface area contributed by atoms with Crippen LogP contribution in [0.5, 0.6) is 0 Å². The third-order valence-electron chi connectivity index (χ3n) is 2.32. The van der Waals surface area contributed by atoms with Crippen LogP contribution < -0.4 is 5.32 Å². The Hall–Kier alpha value is -1.13. The molecule has 1 aliphatic heterocycles. The highest BCUT2D eigenvalue weighted by Crippen LogP contribution is 2.18. The van der Waals surface area contributed by atoms with E-state index in [2.05, 4.69) is 10.4 Å². The molecule has 1 aromatic rings. The van der Waals surface area contributed by atoms with Crippen LogP contribution in [0.4, 0.5) is 0 Å². The number of rotatable bonds is 2. The van der Waals surface area contributed by atoms with E-state index in [4.69, 9.17) is 0 Å². The van der Waals surface area contributed by atoms with Gasteiger partial charge in [0.05, 0.1) is 11.7 Å². The Balaban J connectivity index is 2.17. The van der Waals surface area contributed by atoms with E-state index < -0.39 is 6.10 Å². The highest BCUT2D eigenvalue weighted by Gasteiger charge is 2.22. The molecule has 0 aliphatic carbocycles. The van der Waals surface area contributed by atoms with E-state index in [-0.39, 0.29) is 6.04 Å². The maximum atomic E-state index is 9.92. The molecule has 0 bridgehead atoms. The summed E-state index contributed by atoms with van der Waals surface area (Å²) in [6.07, 6.45) is 5.19. The van der Waals surface area contributed by atoms with Crippen molar-refractivity contribution in [2.24, 2.45) is 7.05 Å². The topological polar surface area (TPSA) is 50.1 Å². The Morgan fingerprint density at radius 1 is 1.77 bits per heavy atom. The van der Waals surface area contributed by atoms with E-state index in [0.717, 1.165) is 12.2 Å². The zero-order chi connectivity index (χ0) is 9.26. The smallest absolute Gasteiger partial charge is 0.114 e. The lowest BCUT2D eigenvalue weighted by atomic mass is 10.1. The van der Waals surface area contributed by atoms with Crippen molar-refractivity contribution in [3.8, 4) is 0 Å². The van der Waals surface area contributed by atoms with Gasteiger partial charge in [0.1, 0.15) is 6.10 Å². The van der Waals surface area contributed by atoms with Crippen LogP contribution in [-0.2, 0) is 7.05 Å². The van der Waals surface area contributed by atoms with Crippen molar-refractivity contribution in [1.82, 2.24) is 15.1 Å². The highest BCUT2D eigenvalue weighted by molar-refractivity contribution is 5.14. The quantitative estimate of drug-likeness (QED) is 0.627. The van der Waals surface area contributed by atoms with Crippen molar-refractivity contribution in [2.45, 2.75) is 12.1 Å². The number of aromatic nitrogens is 2. The number of nitrogens with one attached hydrogen (secondary N) is 1. The van der Waals surface area contributed by atoms with Crippen LogP contribution in [0.15, 0.2) is 24.4 Å². The molecule has 0 radical (unpaired) electrons. The first-order chi connectivity index (χ1) is 6.29. The Morgan fingerprint density at radius 3 is 3.15 bits per heavy atom. The molecule has 2 atom stereocenters. The molecule has 2 rings (SSSR count). The number of hydrogen-bond acceptors (Lipinski definition) is 3. The predicted octanol–water partition coefficient (Wildman–Crippen LogP) is -0.0185. The van der Waals surface area contributed by atoms with Gasteiger partial charge in [0, 0.05) is 19.8 Å². The Morgan fingerprint density at radius 2 is 2.62 bits per heavy atom. The average Bonchev–Trinajstić information content (AvgIpc) is 2.72. The first-order valence-electron chi connectivity index (χ1n) is 4.35. The largest absolute Gasteiger partial charge is 0.385 e. The molecular weight excluding hydrogens is 166 g/mol. The standard InChI is InChI=1S/C9H13N3O/c1-12-8(4-6-11-12)9(13)7-3-2-5-10-7/h2-4,6-7,9-10,13H,5H2,1H3. The van der Waals surface area contributed by atoms with Gasteiger partial charge < -0.3 is 10.4 Å². The zero-order valence-electron chi connectivity index (χ0n) is 7.51. The highest BCUT2D eigenvalue weighted by atomic mass is 16.3. The van der Waals surface area contributed by atoms with Crippen LogP contribution in [0.3, 0.4) is 0 Å². The summed E-state index contributed by atoms with van der Waals surface area (Å²) in [7, 11) is 1.83. The van der Waals surface area contributed by atoms with Crippen LogP contribution in [0, 0.1) is 0 Å². The molecule has 1 aliphatic rings. The Labute approximate surface area is 76.9 Å². The molecule has 2 N–H and O–H groups in total. The van der Waals surface area contributed by atoms with Crippen LogP contribution >= 0.6 is 0 Å². The van der Waals surface area contributed by atoms with Crippen LogP contribution in [0.1, 0.15) is 11.8 Å². The van der Waals surface area contributed by atoms with Crippen LogP contribution in [-0.4, -0.2) is 27.5 Å². The van der Waals surface area contributed by atoms with Gasteiger partial charge >= 0.3 is 0 Å². The van der Waals surface area contributed by atoms with Crippen molar-refractivity contribution in [3.05, 3.63) is 30.1 Å². The van der Waals surface area contributed by atoms with Crippen molar-refractivity contribution < 1.29 is 5.11 Å². The van der Waals surface area contributed by atoms with Gasteiger partial charge in [-0.3, -0.25) is 4.68 Å². The molecule has 4 heteroatoms. The summed E-state index contributed by atoms with van der Waals surface area (Å²) >= 11 is 0. The predicted molar refractivity (Wildman–Crippen MR) is 49.1 cm³/mol. The monoisotopic (exact) mass is 179 g/mol. The third-order valence-corrected chi connectivity index (χ3v) is 2.32. The second-order valence-electron chi connectivity index (χ2n) is 3.19. The zero-order valence-corrected chi connectivity index (χ0v) is 7.51. The van der Waals surface area contributed by atoms with E-state index >= 15 is 0 Å². The molecule has 0 saturated heterocycles. The van der Waals surface area contributed by atoms with Crippen molar-refractivity contribution in [2.75, 3.05) is 6.54 Å². The van der Waals surface area contributed by atoms with Gasteiger partial charge in [-0.25, -0.2) is 0 Å². The average molecular weight is 179 g/mol. The Bertz CT molecular complexity index is 318. The van der Waals surface area contributed by atoms with Gasteiger partial charge in [-0.1, -0.05) is 12.2 Å². The van der Waals surface area contributed by atoms with Gasteiger partial charge in [-0.15, -0.1) is 0 Å². The van der Waals surface area contributed by atoms with E-state index in [9.17, 15) is 5.11 Å². The molecular formula is C9H13N3O. The fourth-order valence-corrected chi connectivity index (χ4v) is 1.56. The maximum Gasteiger partial charge on any atom is 0.114 e. The lowest BCUT2D eigenvalue weighted by Gasteiger charge is -2.17. The van der Waals surface area contributed by atoms with Crippen LogP contribution in [0.2, 0.25) is 0 Å². The van der Waals surface area contributed by atoms with Crippen molar-refractivity contribution >= 4 is 0 Å². The summed E-state index contributed by atoms with van der Waals surface area (Å²) < 4.78 is 1.69. The van der Waals surface area contributed by atoms with Gasteiger partial charge in [0.25, 0.3) is 0 Å². The summed E-state index contributed by atoms with van der Waals surface area (Å²) in [4.78, 5) is 0. The lowest BCUT2D eigenvalue weighted by molar-refractivity contribution is 0.143. The number of nitrogens with zero attached hydrogens (tertiary/aromatic N) is 2. The minimum Gasteiger partial charge on any atom is -0.385 e. The first-order valence-corrected chi connectivity index (χ1v) is 4.35. The number of aryl methyl sites for hydroxylation is 1. The molecule has 1 aromatic heterocycles. The molecule has 4 nitrogen and oxygen atoms in total. The molecule has 70 valence electrons. The summed E-state index contributed by atoms with van der Waals surface area (Å²) in [5, 5.41) is 17.1. The number of hydrogen-bond donors (Lipinski definition) is 2. The van der Waals surface area contributed by atoms with Gasteiger partial charge in [-0.05, 0) is 6.07 Å². The molecule has 0 aromatic carbocycles. The molecule has 2 unspecified atom stereocenters. The number of aliphatic hydroxyl groups is 1. The summed E-state index contributed by atoms with van der Waals surface area (Å²) in [6.45, 7) is 0.833. The van der Waals surface area contributed by atoms with E-state index in [0.29, 0.717) is 0 Å². The fraction of sp³-hybridized carbons (Fsp3) is 0.444. The normalized spacial score (nSPS) is 23.7. The van der Waals surface area contributed by atoms with E-state index in [1.165, 1.54) is 0 Å². The van der Waals surface area contributed by atoms with Crippen molar-refractivity contribution in [1.29, 1.82) is 0 Å². The second-order valence-corrected chi connectivity index (χ2v) is 3.19. The molecule has 2 heterocycles. The van der Waals surface area contributed by atoms with Crippen molar-refractivity contribution in [3.63, 3.8) is 0 Å². The van der Waals surface area contributed by atoms with E-state index in [1.807, 2.05) is 25.3 Å². The third kappa shape index (κ3) is 1.50. The maximum absolute atomic E-state index is 9.92. The minimum absolute atomic E-state index is 0.0235. The SMILES string of the molecule is Cn1nccc1C(O)C1C=CCN1. The minimum atomic E-state index is -0.508. The van der Waals surface area contributed by atoms with E-state index in [1.54, 1.807) is 10.9 Å². The van der Waals surface area contributed by atoms with Crippen LogP contribution in [0.25, 0.3) is 0 Å². The number of aliphatic hydroxyl groups excluding tert-OH is 1. The van der Waals surface area contributed by atoms with Gasteiger partial charge in [0.2, 0.25) is 0 Å². The molecule has 0 spiro atoms. The molecule has 0 saturated carbocycles. The molecule has 0 amide bonds. The van der Waals surface area contributed by atoms with Gasteiger partial charge in [-0.2, -0.15) is 5.10 Å². The lowest BCUT2D eigenvalue weighted by Crippen LogP contribution is -2.30. The molecule has 13 heavy (non-hydrogen) atoms. The summed E-state index contributed by atoms with van der Waals surface area (Å²) in [5.41, 5.74) is 0.837. The Kier molecular flexibility index (Phi) is 2.16. The second kappa shape index (κ2) is 3.32. The summed E-state index contributed by atoms with van der Waals surface area (Å²) in [6, 6.07) is 1.86. The fourth-order valence-electron chi connectivity index (χ4n) is 1.56. The first kappa shape index (κ1) is 8.47. The molecule has 0 fully saturated rings. The summed E-state index contributed by atoms with van der Waals surface area (Å²) in [5.74, 6) is 0. The van der Waals surface area contributed by atoms with Gasteiger partial charge in [0.15, 0.2) is 0 Å².